The molecule has 286 valence electrons. The average Bonchev–Trinajstić information content (AvgIpc) is 3.62. The molecule has 3 amide bonds. The Morgan fingerprint density at radius 1 is 0.911 bits per heavy atom. The van der Waals surface area contributed by atoms with Crippen molar-refractivity contribution in [3.63, 3.8) is 0 Å². The number of nitrogens with zero attached hydrogens (tertiary/aromatic N) is 2. The summed E-state index contributed by atoms with van der Waals surface area (Å²) in [5, 5.41) is 14.3. The number of ether oxygens (including phenoxy) is 3. The molecule has 10 nitrogen and oxygen atoms in total. The Balaban J connectivity index is 1.22. The smallest absolute Gasteiger partial charge is 0.266 e. The summed E-state index contributed by atoms with van der Waals surface area (Å²) in [6, 6.07) is 37.8. The first kappa shape index (κ1) is 37.2. The van der Waals surface area contributed by atoms with Crippen LogP contribution in [0.25, 0.3) is 0 Å². The second-order valence-electron chi connectivity index (χ2n) is 15.3. The van der Waals surface area contributed by atoms with Crippen molar-refractivity contribution < 1.29 is 33.7 Å². The highest BCUT2D eigenvalue weighted by Crippen LogP contribution is 2.59. The van der Waals surface area contributed by atoms with Gasteiger partial charge in [-0.2, -0.15) is 0 Å². The lowest BCUT2D eigenvalue weighted by molar-refractivity contribution is -0.148. The van der Waals surface area contributed by atoms with Crippen molar-refractivity contribution in [2.45, 2.75) is 50.2 Å². The van der Waals surface area contributed by atoms with Gasteiger partial charge in [0.1, 0.15) is 11.5 Å². The van der Waals surface area contributed by atoms with Crippen LogP contribution in [-0.4, -0.2) is 62.2 Å². The number of carbonyl (C=O) groups excluding carboxylic acids is 3. The number of hydrogen-bond donors (Lipinski definition) is 2. The third-order valence-electron chi connectivity index (χ3n) is 11.8. The number of benzene rings is 5. The molecule has 1 fully saturated rings. The minimum absolute atomic E-state index is 0.0184. The van der Waals surface area contributed by atoms with Gasteiger partial charge in [-0.1, -0.05) is 91.9 Å². The van der Waals surface area contributed by atoms with Crippen molar-refractivity contribution in [3.05, 3.63) is 138 Å². The number of methoxy groups -OCH3 is 1. The minimum Gasteiger partial charge on any atom is -0.497 e. The Bertz CT molecular complexity index is 2300. The molecule has 8 rings (SSSR count). The molecule has 0 aliphatic carbocycles. The fourth-order valence-electron chi connectivity index (χ4n) is 9.04. The molecule has 0 bridgehead atoms. The third kappa shape index (κ3) is 6.25. The van der Waals surface area contributed by atoms with E-state index >= 15 is 0 Å². The molecule has 0 unspecified atom stereocenters. The lowest BCUT2D eigenvalue weighted by Gasteiger charge is -2.37. The van der Waals surface area contributed by atoms with Crippen molar-refractivity contribution in [2.75, 3.05) is 30.5 Å². The number of fused-ring (bicyclic) bond motifs is 4. The van der Waals surface area contributed by atoms with Gasteiger partial charge in [0, 0.05) is 35.9 Å². The van der Waals surface area contributed by atoms with Gasteiger partial charge in [-0.25, -0.2) is 0 Å². The van der Waals surface area contributed by atoms with Gasteiger partial charge in [0.05, 0.1) is 45.6 Å². The Kier molecular flexibility index (Phi) is 9.77. The first-order chi connectivity index (χ1) is 27.1. The van der Waals surface area contributed by atoms with Gasteiger partial charge in [0.2, 0.25) is 5.91 Å². The van der Waals surface area contributed by atoms with E-state index in [1.807, 2.05) is 91.0 Å². The summed E-state index contributed by atoms with van der Waals surface area (Å²) in [7, 11) is -0.923. The van der Waals surface area contributed by atoms with E-state index in [9.17, 15) is 19.5 Å². The summed E-state index contributed by atoms with van der Waals surface area (Å²) in [4.78, 5) is 46.6. The second-order valence-corrected chi connectivity index (χ2v) is 20.0. The molecule has 5 aromatic rings. The molecule has 4 atom stereocenters. The monoisotopic (exact) mass is 767 g/mol. The van der Waals surface area contributed by atoms with Crippen LogP contribution in [-0.2, 0) is 26.5 Å². The fraction of sp³-hybridized carbons (Fsp3) is 0.267. The van der Waals surface area contributed by atoms with Crippen LogP contribution in [0.4, 0.5) is 17.1 Å². The van der Waals surface area contributed by atoms with Gasteiger partial charge in [-0.15, -0.1) is 0 Å². The summed E-state index contributed by atoms with van der Waals surface area (Å²) in [5.41, 5.74) is 2.03. The zero-order valence-electron chi connectivity index (χ0n) is 31.9. The zero-order valence-corrected chi connectivity index (χ0v) is 32.9. The number of rotatable bonds is 10. The van der Waals surface area contributed by atoms with Crippen LogP contribution in [0.15, 0.2) is 121 Å². The standard InChI is InChI=1S/C45H45N3O7Si/c1-29-42(56(3,4)33-21-19-32(53-2)20-22-33)40(27-41(50)47(24-25-49)28-30-12-6-5-7-13-30)55-45(29)35-26-31(18-23-36(35)46-44(45)52)48-37-15-9-11-17-39(37)54-38-16-10-8-14-34(38)43(48)51/h5-23,26,29,40,42,49H,24-25,27-28H2,1-4H3,(H,46,52)/t29-,40+,42-,45+/m0/s1. The second kappa shape index (κ2) is 14.7. The molecule has 0 radical (unpaired) electrons. The predicted molar refractivity (Wildman–Crippen MR) is 218 cm³/mol. The quantitative estimate of drug-likeness (QED) is 0.143. The summed E-state index contributed by atoms with van der Waals surface area (Å²) in [6.07, 6.45) is -0.621. The van der Waals surface area contributed by atoms with Crippen molar-refractivity contribution in [1.82, 2.24) is 4.90 Å². The molecule has 0 saturated carbocycles. The van der Waals surface area contributed by atoms with Crippen LogP contribution >= 0.6 is 0 Å². The highest BCUT2D eigenvalue weighted by Gasteiger charge is 2.65. The van der Waals surface area contributed by atoms with Crippen LogP contribution in [0, 0.1) is 5.92 Å². The minimum atomic E-state index is -2.56. The molecule has 1 spiro atoms. The van der Waals surface area contributed by atoms with Crippen LogP contribution in [0.2, 0.25) is 18.6 Å². The lowest BCUT2D eigenvalue weighted by Crippen LogP contribution is -2.52. The number of aliphatic hydroxyl groups is 1. The van der Waals surface area contributed by atoms with Crippen molar-refractivity contribution in [2.24, 2.45) is 5.92 Å². The first-order valence-corrected chi connectivity index (χ1v) is 22.1. The van der Waals surface area contributed by atoms with Crippen LogP contribution < -0.4 is 24.9 Å². The van der Waals surface area contributed by atoms with E-state index in [0.717, 1.165) is 16.5 Å². The number of carbonyl (C=O) groups is 3. The van der Waals surface area contributed by atoms with Gasteiger partial charge in [0.15, 0.2) is 11.4 Å². The molecule has 1 saturated heterocycles. The van der Waals surface area contributed by atoms with E-state index < -0.39 is 19.8 Å². The average molecular weight is 768 g/mol. The van der Waals surface area contributed by atoms with E-state index in [1.165, 1.54) is 0 Å². The Labute approximate surface area is 327 Å². The van der Waals surface area contributed by atoms with E-state index in [2.05, 4.69) is 37.5 Å². The summed E-state index contributed by atoms with van der Waals surface area (Å²) in [5.74, 6) is 0.607. The molecule has 3 aliphatic heterocycles. The maximum Gasteiger partial charge on any atom is 0.266 e. The van der Waals surface area contributed by atoms with E-state index in [4.69, 9.17) is 14.2 Å². The molecule has 0 aromatic heterocycles. The normalized spacial score (nSPS) is 21.1. The molecule has 3 aliphatic rings. The number of amides is 3. The molecule has 5 aromatic carbocycles. The summed E-state index contributed by atoms with van der Waals surface area (Å²) < 4.78 is 18.9. The number of nitrogens with one attached hydrogen (secondary N) is 1. The molecular formula is C45H45N3O7Si. The maximum absolute atomic E-state index is 14.6. The van der Waals surface area contributed by atoms with Crippen LogP contribution in [0.3, 0.4) is 0 Å². The fourth-order valence-corrected chi connectivity index (χ4v) is 13.1. The van der Waals surface area contributed by atoms with Crippen molar-refractivity contribution in [1.29, 1.82) is 0 Å². The van der Waals surface area contributed by atoms with Gasteiger partial charge >= 0.3 is 0 Å². The molecule has 56 heavy (non-hydrogen) atoms. The number of para-hydroxylation sites is 3. The highest BCUT2D eigenvalue weighted by molar-refractivity contribution is 6.91. The van der Waals surface area contributed by atoms with Crippen molar-refractivity contribution in [3.8, 4) is 17.2 Å². The summed E-state index contributed by atoms with van der Waals surface area (Å²) in [6.45, 7) is 6.89. The van der Waals surface area contributed by atoms with Gasteiger partial charge in [-0.05, 0) is 65.7 Å². The molecule has 11 heteroatoms. The maximum atomic E-state index is 14.6. The lowest BCUT2D eigenvalue weighted by atomic mass is 9.82. The summed E-state index contributed by atoms with van der Waals surface area (Å²) >= 11 is 0. The van der Waals surface area contributed by atoms with E-state index in [1.54, 1.807) is 35.1 Å². The molecule has 3 heterocycles. The van der Waals surface area contributed by atoms with Crippen LogP contribution in [0.1, 0.15) is 34.8 Å². The number of aliphatic hydroxyl groups excluding tert-OH is 1. The topological polar surface area (TPSA) is 118 Å². The van der Waals surface area contributed by atoms with Gasteiger partial charge < -0.3 is 29.5 Å². The highest BCUT2D eigenvalue weighted by atomic mass is 28.3. The molecule has 2 N–H and O–H groups in total. The molecular weight excluding hydrogens is 723 g/mol. The largest absolute Gasteiger partial charge is 0.497 e. The van der Waals surface area contributed by atoms with Gasteiger partial charge in [0.25, 0.3) is 11.8 Å². The number of hydrogen-bond acceptors (Lipinski definition) is 7. The Morgan fingerprint density at radius 3 is 2.34 bits per heavy atom. The third-order valence-corrected chi connectivity index (χ3v) is 16.2. The van der Waals surface area contributed by atoms with E-state index in [-0.39, 0.29) is 48.8 Å². The Hall–Kier alpha value is -5.75. The SMILES string of the molecule is COc1ccc([Si](C)(C)[C@@H]2[C@@H](CC(=O)N(CCO)Cc3ccccc3)O[C@]3(C(=O)Nc4ccc(N5C(=O)c6ccccc6Oc6ccccc65)cc43)[C@H]2C)cc1. The van der Waals surface area contributed by atoms with Crippen molar-refractivity contribution >= 4 is 48.0 Å². The van der Waals surface area contributed by atoms with Gasteiger partial charge in [-0.3, -0.25) is 19.3 Å². The van der Waals surface area contributed by atoms with Crippen LogP contribution in [0.5, 0.6) is 17.2 Å². The van der Waals surface area contributed by atoms with E-state index in [0.29, 0.717) is 46.2 Å². The predicted octanol–water partition coefficient (Wildman–Crippen LogP) is 7.36. The first-order valence-electron chi connectivity index (χ1n) is 19.0. The Morgan fingerprint density at radius 2 is 1.61 bits per heavy atom. The zero-order chi connectivity index (χ0) is 39.2. The number of anilines is 3.